The zero-order valence-corrected chi connectivity index (χ0v) is 17.9. The summed E-state index contributed by atoms with van der Waals surface area (Å²) in [5.74, 6) is 1.53. The molecule has 0 amide bonds. The molecule has 1 N–H and O–H groups in total. The monoisotopic (exact) mass is 418 g/mol. The molecule has 0 saturated carbocycles. The van der Waals surface area contributed by atoms with Gasteiger partial charge in [0.15, 0.2) is 16.6 Å². The van der Waals surface area contributed by atoms with Gasteiger partial charge in [0.25, 0.3) is 0 Å². The van der Waals surface area contributed by atoms with Crippen LogP contribution in [0.3, 0.4) is 0 Å². The number of methoxy groups -OCH3 is 2. The molecule has 1 saturated heterocycles. The van der Waals surface area contributed by atoms with Gasteiger partial charge in [0.2, 0.25) is 0 Å². The Kier molecular flexibility index (Phi) is 6.04. The molecule has 0 unspecified atom stereocenters. The van der Waals surface area contributed by atoms with E-state index in [1.165, 1.54) is 16.0 Å². The van der Waals surface area contributed by atoms with Crippen molar-refractivity contribution in [1.29, 1.82) is 0 Å². The lowest BCUT2D eigenvalue weighted by Crippen LogP contribution is -2.47. The third-order valence-corrected chi connectivity index (χ3v) is 6.76. The fraction of sp³-hybridized carbons (Fsp3) is 0.476. The van der Waals surface area contributed by atoms with Crippen molar-refractivity contribution in [2.45, 2.75) is 31.4 Å². The van der Waals surface area contributed by atoms with Gasteiger partial charge in [0.05, 0.1) is 26.4 Å². The van der Waals surface area contributed by atoms with Gasteiger partial charge in [0.1, 0.15) is 0 Å². The van der Waals surface area contributed by atoms with Crippen LogP contribution < -0.4 is 14.8 Å². The maximum absolute atomic E-state index is 5.81. The van der Waals surface area contributed by atoms with Crippen LogP contribution in [0.1, 0.15) is 34.9 Å². The summed E-state index contributed by atoms with van der Waals surface area (Å²) in [5, 5.41) is 6.35. The van der Waals surface area contributed by atoms with Gasteiger partial charge in [-0.05, 0) is 66.2 Å². The minimum Gasteiger partial charge on any atom is -0.493 e. The first-order valence-corrected chi connectivity index (χ1v) is 10.9. The van der Waals surface area contributed by atoms with E-state index in [2.05, 4.69) is 39.9 Å². The van der Waals surface area contributed by atoms with E-state index in [-0.39, 0.29) is 12.1 Å². The molecule has 0 aliphatic carbocycles. The highest BCUT2D eigenvalue weighted by molar-refractivity contribution is 7.80. The van der Waals surface area contributed by atoms with Gasteiger partial charge < -0.3 is 24.4 Å². The lowest BCUT2D eigenvalue weighted by atomic mass is 9.91. The van der Waals surface area contributed by atoms with E-state index in [4.69, 9.17) is 26.4 Å². The second-order valence-electron chi connectivity index (χ2n) is 7.09. The number of nitrogens with zero attached hydrogens (tertiary/aromatic N) is 1. The molecule has 2 aromatic rings. The van der Waals surface area contributed by atoms with Crippen molar-refractivity contribution in [2.75, 3.05) is 33.9 Å². The molecule has 4 rings (SSSR count). The second kappa shape index (κ2) is 8.68. The first-order valence-electron chi connectivity index (χ1n) is 9.65. The Morgan fingerprint density at radius 3 is 2.82 bits per heavy atom. The highest BCUT2D eigenvalue weighted by Gasteiger charge is 2.32. The molecule has 3 heterocycles. The molecule has 5 nitrogen and oxygen atoms in total. The standard InChI is InChI=1S/C21H26N2O3S2/c1-24-17-11-14-7-8-23(21(27)22-13-15-5-3-9-26-15)20(19-6-4-10-28-19)16(14)12-18(17)25-2/h4,6,10-12,15,20H,3,5,7-9,13H2,1-2H3,(H,22,27)/t15-,20+/m1/s1. The van der Waals surface area contributed by atoms with E-state index >= 15 is 0 Å². The minimum absolute atomic E-state index is 0.0769. The SMILES string of the molecule is COc1cc2c(cc1OC)[C@@H](c1cccs1)N(C(=S)NC[C@H]1CCCO1)CC2. The number of ether oxygens (including phenoxy) is 3. The van der Waals surface area contributed by atoms with Gasteiger partial charge in [-0.25, -0.2) is 0 Å². The predicted molar refractivity (Wildman–Crippen MR) is 116 cm³/mol. The van der Waals surface area contributed by atoms with Crippen molar-refractivity contribution >= 4 is 28.7 Å². The normalized spacial score (nSPS) is 21.3. The number of nitrogens with one attached hydrogen (secondary N) is 1. The lowest BCUT2D eigenvalue weighted by Gasteiger charge is -2.39. The van der Waals surface area contributed by atoms with Crippen LogP contribution in [0, 0.1) is 0 Å². The highest BCUT2D eigenvalue weighted by atomic mass is 32.1. The summed E-state index contributed by atoms with van der Waals surface area (Å²) in [6.07, 6.45) is 3.42. The molecule has 7 heteroatoms. The van der Waals surface area contributed by atoms with Gasteiger partial charge in [-0.2, -0.15) is 0 Å². The van der Waals surface area contributed by atoms with Gasteiger partial charge in [-0.15, -0.1) is 11.3 Å². The topological polar surface area (TPSA) is 43.0 Å². The summed E-state index contributed by atoms with van der Waals surface area (Å²) < 4.78 is 16.8. The van der Waals surface area contributed by atoms with Crippen LogP contribution in [0.15, 0.2) is 29.6 Å². The van der Waals surface area contributed by atoms with Gasteiger partial charge in [-0.1, -0.05) is 6.07 Å². The molecule has 2 aliphatic heterocycles. The van der Waals surface area contributed by atoms with Crippen LogP contribution >= 0.6 is 23.6 Å². The molecule has 2 atom stereocenters. The molecule has 2 aliphatic rings. The van der Waals surface area contributed by atoms with E-state index in [1.807, 2.05) is 0 Å². The number of rotatable bonds is 5. The van der Waals surface area contributed by atoms with E-state index in [9.17, 15) is 0 Å². The van der Waals surface area contributed by atoms with Crippen LogP contribution in [0.5, 0.6) is 11.5 Å². The molecule has 0 radical (unpaired) electrons. The zero-order valence-electron chi connectivity index (χ0n) is 16.3. The molecule has 150 valence electrons. The lowest BCUT2D eigenvalue weighted by molar-refractivity contribution is 0.113. The second-order valence-corrected chi connectivity index (χ2v) is 8.45. The van der Waals surface area contributed by atoms with Crippen molar-refractivity contribution in [2.24, 2.45) is 0 Å². The number of benzene rings is 1. The Bertz CT molecular complexity index is 819. The smallest absolute Gasteiger partial charge is 0.169 e. The summed E-state index contributed by atoms with van der Waals surface area (Å²) in [6, 6.07) is 8.56. The number of hydrogen-bond acceptors (Lipinski definition) is 5. The minimum atomic E-state index is 0.0769. The molecule has 1 fully saturated rings. The van der Waals surface area contributed by atoms with Crippen molar-refractivity contribution < 1.29 is 14.2 Å². The van der Waals surface area contributed by atoms with Gasteiger partial charge in [0, 0.05) is 24.6 Å². The van der Waals surface area contributed by atoms with E-state index in [0.29, 0.717) is 0 Å². The highest BCUT2D eigenvalue weighted by Crippen LogP contribution is 2.42. The number of fused-ring (bicyclic) bond motifs is 1. The molecule has 1 aromatic carbocycles. The first-order chi connectivity index (χ1) is 13.7. The zero-order chi connectivity index (χ0) is 19.5. The summed E-state index contributed by atoms with van der Waals surface area (Å²) in [5.41, 5.74) is 2.52. The largest absolute Gasteiger partial charge is 0.493 e. The summed E-state index contributed by atoms with van der Waals surface area (Å²) >= 11 is 7.56. The quantitative estimate of drug-likeness (QED) is 0.746. The Morgan fingerprint density at radius 1 is 1.32 bits per heavy atom. The molecule has 0 bridgehead atoms. The van der Waals surface area contributed by atoms with Crippen LogP contribution in [-0.4, -0.2) is 50.0 Å². The van der Waals surface area contributed by atoms with Crippen LogP contribution in [0.4, 0.5) is 0 Å². The summed E-state index contributed by atoms with van der Waals surface area (Å²) in [4.78, 5) is 3.57. The predicted octanol–water partition coefficient (Wildman–Crippen LogP) is 3.77. The summed E-state index contributed by atoms with van der Waals surface area (Å²) in [6.45, 7) is 2.49. The van der Waals surface area contributed by atoms with E-state index in [1.54, 1.807) is 25.6 Å². The maximum Gasteiger partial charge on any atom is 0.169 e. The fourth-order valence-corrected chi connectivity index (χ4v) is 5.16. The van der Waals surface area contributed by atoms with Crippen LogP contribution in [0.25, 0.3) is 0 Å². The van der Waals surface area contributed by atoms with Crippen LogP contribution in [-0.2, 0) is 11.2 Å². The fourth-order valence-electron chi connectivity index (χ4n) is 4.03. The summed E-state index contributed by atoms with van der Waals surface area (Å²) in [7, 11) is 3.36. The van der Waals surface area contributed by atoms with Crippen molar-refractivity contribution in [3.63, 3.8) is 0 Å². The third kappa shape index (κ3) is 3.83. The number of thiophene rings is 1. The van der Waals surface area contributed by atoms with Crippen molar-refractivity contribution in [1.82, 2.24) is 10.2 Å². The van der Waals surface area contributed by atoms with E-state index in [0.717, 1.165) is 55.6 Å². The third-order valence-electron chi connectivity index (χ3n) is 5.45. The van der Waals surface area contributed by atoms with Crippen molar-refractivity contribution in [3.8, 4) is 11.5 Å². The molecular weight excluding hydrogens is 392 g/mol. The maximum atomic E-state index is 5.81. The molecule has 1 aromatic heterocycles. The Balaban J connectivity index is 1.63. The average Bonchev–Trinajstić information content (AvgIpc) is 3.44. The number of hydrogen-bond donors (Lipinski definition) is 1. The first kappa shape index (κ1) is 19.5. The van der Waals surface area contributed by atoms with Crippen LogP contribution in [0.2, 0.25) is 0 Å². The van der Waals surface area contributed by atoms with Gasteiger partial charge >= 0.3 is 0 Å². The Morgan fingerprint density at radius 2 is 2.14 bits per heavy atom. The average molecular weight is 419 g/mol. The molecule has 28 heavy (non-hydrogen) atoms. The van der Waals surface area contributed by atoms with E-state index < -0.39 is 0 Å². The Hall–Kier alpha value is -1.83. The van der Waals surface area contributed by atoms with Crippen molar-refractivity contribution in [3.05, 3.63) is 45.6 Å². The number of thiocarbonyl (C=S) groups is 1. The Labute approximate surface area is 175 Å². The van der Waals surface area contributed by atoms with Gasteiger partial charge in [-0.3, -0.25) is 0 Å². The molecular formula is C21H26N2O3S2. The molecule has 0 spiro atoms.